The average molecular weight is 638 g/mol. The molecule has 2 aromatic heterocycles. The summed E-state index contributed by atoms with van der Waals surface area (Å²) in [4.78, 5) is 30.5. The van der Waals surface area contributed by atoms with Gasteiger partial charge in [0.1, 0.15) is 29.5 Å². The zero-order valence-corrected chi connectivity index (χ0v) is 25.3. The van der Waals surface area contributed by atoms with Crippen molar-refractivity contribution in [1.82, 2.24) is 24.8 Å². The first-order chi connectivity index (χ1) is 21.7. The Hall–Kier alpha value is -4.38. The normalized spacial score (nSPS) is 20.6. The maximum Gasteiger partial charge on any atom is 0.407 e. The topological polar surface area (TPSA) is 128 Å². The Morgan fingerprint density at radius 1 is 1.18 bits per heavy atom. The molecule has 0 bridgehead atoms. The minimum atomic E-state index is -1.12. The van der Waals surface area contributed by atoms with Crippen molar-refractivity contribution in [2.24, 2.45) is 0 Å². The number of likely N-dealkylation sites (N-methyl/N-ethyl adjacent to an activating group) is 1. The monoisotopic (exact) mass is 637 g/mol. The summed E-state index contributed by atoms with van der Waals surface area (Å²) in [6, 6.07) is 9.26. The molecular weight excluding hydrogens is 608 g/mol. The number of hydrogen-bond donors (Lipinski definition) is 1. The second kappa shape index (κ2) is 12.5. The fraction of sp³-hybridized carbons (Fsp3) is 0.387. The Kier molecular flexibility index (Phi) is 8.54. The van der Waals surface area contributed by atoms with Gasteiger partial charge in [0.25, 0.3) is 0 Å². The molecule has 2 aliphatic heterocycles. The largest absolute Gasteiger partial charge is 0.465 e. The number of nitrogens with zero attached hydrogens (tertiary/aromatic N) is 7. The number of benzene rings is 2. The summed E-state index contributed by atoms with van der Waals surface area (Å²) in [5.74, 6) is -1.11. The summed E-state index contributed by atoms with van der Waals surface area (Å²) in [5.41, 5.74) is 0.144. The molecule has 0 aliphatic carbocycles. The van der Waals surface area contributed by atoms with Crippen LogP contribution >= 0.6 is 11.6 Å². The SMILES string of the molecule is CO[C@@H]1C[C@@H](COc2nc(N3CCN(C(=O)O)C(CC#N)C3)c3cnc(-c4cccc5ccc(F)c(Cl)c45)c(F)c3n2)N(C)C1. The van der Waals surface area contributed by atoms with E-state index in [0.29, 0.717) is 22.2 Å². The van der Waals surface area contributed by atoms with Gasteiger partial charge in [0, 0.05) is 56.5 Å². The highest BCUT2D eigenvalue weighted by atomic mass is 35.5. The van der Waals surface area contributed by atoms with Crippen molar-refractivity contribution >= 4 is 45.2 Å². The molecule has 234 valence electrons. The number of carbonyl (C=O) groups is 1. The van der Waals surface area contributed by atoms with Crippen molar-refractivity contribution in [3.8, 4) is 23.3 Å². The van der Waals surface area contributed by atoms with Crippen molar-refractivity contribution in [3.63, 3.8) is 0 Å². The average Bonchev–Trinajstić information content (AvgIpc) is 3.41. The lowest BCUT2D eigenvalue weighted by Gasteiger charge is -2.39. The van der Waals surface area contributed by atoms with E-state index < -0.39 is 23.8 Å². The van der Waals surface area contributed by atoms with Gasteiger partial charge in [0.05, 0.1) is 35.0 Å². The zero-order chi connectivity index (χ0) is 31.8. The number of piperazine rings is 1. The van der Waals surface area contributed by atoms with Crippen LogP contribution in [0.5, 0.6) is 6.01 Å². The first kappa shape index (κ1) is 30.6. The van der Waals surface area contributed by atoms with Gasteiger partial charge in [-0.05, 0) is 24.9 Å². The van der Waals surface area contributed by atoms with Crippen LogP contribution in [0.2, 0.25) is 5.02 Å². The number of aromatic nitrogens is 3. The predicted octanol–water partition coefficient (Wildman–Crippen LogP) is 4.96. The highest BCUT2D eigenvalue weighted by molar-refractivity contribution is 6.36. The number of pyridine rings is 1. The van der Waals surface area contributed by atoms with E-state index in [0.717, 1.165) is 13.0 Å². The number of fused-ring (bicyclic) bond motifs is 2. The van der Waals surface area contributed by atoms with E-state index in [1.54, 1.807) is 36.3 Å². The number of anilines is 1. The highest BCUT2D eigenvalue weighted by Crippen LogP contribution is 2.38. The first-order valence-corrected chi connectivity index (χ1v) is 14.8. The van der Waals surface area contributed by atoms with E-state index >= 15 is 4.39 Å². The van der Waals surface area contributed by atoms with Crippen LogP contribution in [0.25, 0.3) is 32.9 Å². The summed E-state index contributed by atoms with van der Waals surface area (Å²) in [7, 11) is 3.63. The molecule has 45 heavy (non-hydrogen) atoms. The summed E-state index contributed by atoms with van der Waals surface area (Å²) >= 11 is 6.35. The second-order valence-corrected chi connectivity index (χ2v) is 11.6. The molecule has 4 heterocycles. The quantitative estimate of drug-likeness (QED) is 0.297. The van der Waals surface area contributed by atoms with Crippen LogP contribution in [0.3, 0.4) is 0 Å². The maximum absolute atomic E-state index is 16.6. The predicted molar refractivity (Wildman–Crippen MR) is 163 cm³/mol. The van der Waals surface area contributed by atoms with Crippen molar-refractivity contribution < 1.29 is 28.2 Å². The number of likely N-dealkylation sites (tertiary alicyclic amines) is 1. The summed E-state index contributed by atoms with van der Waals surface area (Å²) in [6.07, 6.45) is 1.09. The van der Waals surface area contributed by atoms with Gasteiger partial charge in [0.15, 0.2) is 5.82 Å². The molecule has 6 rings (SSSR count). The molecule has 1 amide bonds. The zero-order valence-electron chi connectivity index (χ0n) is 24.6. The first-order valence-electron chi connectivity index (χ1n) is 14.4. The van der Waals surface area contributed by atoms with Gasteiger partial charge in [-0.3, -0.25) is 9.88 Å². The molecule has 0 spiro atoms. The number of hydrogen-bond acceptors (Lipinski definition) is 9. The molecule has 2 fully saturated rings. The minimum Gasteiger partial charge on any atom is -0.465 e. The van der Waals surface area contributed by atoms with Gasteiger partial charge < -0.3 is 24.4 Å². The molecular formula is C31H30ClF2N7O4. The third kappa shape index (κ3) is 5.77. The van der Waals surface area contributed by atoms with Gasteiger partial charge in [0.2, 0.25) is 0 Å². The van der Waals surface area contributed by atoms with E-state index in [1.807, 2.05) is 7.05 Å². The lowest BCUT2D eigenvalue weighted by molar-refractivity contribution is 0.111. The van der Waals surface area contributed by atoms with Gasteiger partial charge in [-0.2, -0.15) is 15.2 Å². The van der Waals surface area contributed by atoms with Crippen LogP contribution in [0.4, 0.5) is 19.4 Å². The maximum atomic E-state index is 16.6. The number of rotatable bonds is 7. The Bertz CT molecular complexity index is 1820. The number of carboxylic acid groups (broad SMARTS) is 1. The van der Waals surface area contributed by atoms with Crippen molar-refractivity contribution in [2.75, 3.05) is 51.8 Å². The molecule has 0 saturated carbocycles. The number of ether oxygens (including phenoxy) is 2. The van der Waals surface area contributed by atoms with Crippen LogP contribution in [-0.2, 0) is 4.74 Å². The van der Waals surface area contributed by atoms with Crippen LogP contribution in [0, 0.1) is 23.0 Å². The lowest BCUT2D eigenvalue weighted by Crippen LogP contribution is -2.55. The molecule has 2 aromatic carbocycles. The van der Waals surface area contributed by atoms with Crippen LogP contribution < -0.4 is 9.64 Å². The van der Waals surface area contributed by atoms with E-state index in [2.05, 4.69) is 25.9 Å². The molecule has 3 atom stereocenters. The summed E-state index contributed by atoms with van der Waals surface area (Å²) in [5, 5.41) is 20.1. The van der Waals surface area contributed by atoms with Gasteiger partial charge in [-0.25, -0.2) is 13.6 Å². The fourth-order valence-corrected chi connectivity index (χ4v) is 6.44. The Labute approximate surface area is 262 Å². The second-order valence-electron chi connectivity index (χ2n) is 11.2. The molecule has 2 aliphatic rings. The van der Waals surface area contributed by atoms with Crippen LogP contribution in [-0.4, -0.2) is 101 Å². The molecule has 2 saturated heterocycles. The molecule has 4 aromatic rings. The van der Waals surface area contributed by atoms with Crippen molar-refractivity contribution in [1.29, 1.82) is 5.26 Å². The number of halogens is 3. The summed E-state index contributed by atoms with van der Waals surface area (Å²) in [6.45, 7) is 1.46. The summed E-state index contributed by atoms with van der Waals surface area (Å²) < 4.78 is 42.7. The number of amides is 1. The van der Waals surface area contributed by atoms with Crippen molar-refractivity contribution in [3.05, 3.63) is 53.2 Å². The molecule has 1 N–H and O–H groups in total. The fourth-order valence-electron chi connectivity index (χ4n) is 6.17. The van der Waals surface area contributed by atoms with Crippen molar-refractivity contribution in [2.45, 2.75) is 31.0 Å². The van der Waals surface area contributed by atoms with Gasteiger partial charge in [-0.1, -0.05) is 35.9 Å². The van der Waals surface area contributed by atoms with E-state index in [4.69, 9.17) is 21.1 Å². The Morgan fingerprint density at radius 2 is 2.00 bits per heavy atom. The standard InChI is InChI=1S/C31H30ClF2N7O4/c1-39-15-20(44-2)12-19(39)16-45-30-37-28-22(29(38-30)40-10-11-41(31(42)43)18(14-40)8-9-35)13-36-27(26(28)34)21-5-3-4-17-6-7-23(33)25(32)24(17)21/h3-7,13,18-20H,8,10-12,14-16H2,1-2H3,(H,42,43)/t18?,19-,20+/m0/s1. The Morgan fingerprint density at radius 3 is 2.73 bits per heavy atom. The Balaban J connectivity index is 1.46. The molecule has 1 unspecified atom stereocenters. The van der Waals surface area contributed by atoms with Crippen LogP contribution in [0.1, 0.15) is 12.8 Å². The van der Waals surface area contributed by atoms with E-state index in [9.17, 15) is 19.6 Å². The third-order valence-corrected chi connectivity index (χ3v) is 8.95. The van der Waals surface area contributed by atoms with Gasteiger partial charge >= 0.3 is 12.1 Å². The molecule has 0 radical (unpaired) electrons. The minimum absolute atomic E-state index is 0.0161. The smallest absolute Gasteiger partial charge is 0.407 e. The molecule has 11 nitrogen and oxygen atoms in total. The van der Waals surface area contributed by atoms with E-state index in [1.165, 1.54) is 17.2 Å². The third-order valence-electron chi connectivity index (χ3n) is 8.58. The van der Waals surface area contributed by atoms with Crippen LogP contribution in [0.15, 0.2) is 36.5 Å². The van der Waals surface area contributed by atoms with Gasteiger partial charge in [-0.15, -0.1) is 0 Å². The lowest BCUT2D eigenvalue weighted by atomic mass is 10.0. The molecule has 14 heteroatoms. The number of methoxy groups -OCH3 is 1. The van der Waals surface area contributed by atoms with E-state index in [-0.39, 0.29) is 72.4 Å². The number of nitriles is 1. The highest BCUT2D eigenvalue weighted by Gasteiger charge is 2.34.